The monoisotopic (exact) mass is 362 g/mol. The number of ether oxygens (including phenoxy) is 1. The number of amides is 1. The first kappa shape index (κ1) is 18.5. The molecule has 2 rings (SSSR count). The quantitative estimate of drug-likeness (QED) is 0.766. The van der Waals surface area contributed by atoms with Crippen molar-refractivity contribution in [2.45, 2.75) is 11.8 Å². The molecule has 132 valence electrons. The Labute approximate surface area is 146 Å². The van der Waals surface area contributed by atoms with Gasteiger partial charge in [0.05, 0.1) is 17.1 Å². The van der Waals surface area contributed by atoms with Crippen LogP contribution in [0.15, 0.2) is 53.4 Å². The van der Waals surface area contributed by atoms with E-state index in [0.717, 1.165) is 0 Å². The zero-order chi connectivity index (χ0) is 18.4. The van der Waals surface area contributed by atoms with Gasteiger partial charge in [-0.1, -0.05) is 6.07 Å². The van der Waals surface area contributed by atoms with Crippen molar-refractivity contribution in [1.29, 1.82) is 0 Å². The van der Waals surface area contributed by atoms with Crippen LogP contribution in [0.4, 0.5) is 5.69 Å². The third-order valence-corrected chi connectivity index (χ3v) is 4.68. The van der Waals surface area contributed by atoms with E-state index in [1.165, 1.54) is 43.4 Å². The number of esters is 1. The van der Waals surface area contributed by atoms with E-state index in [0.29, 0.717) is 5.56 Å². The van der Waals surface area contributed by atoms with E-state index in [2.05, 4.69) is 10.0 Å². The number of nitrogens with one attached hydrogen (secondary N) is 2. The zero-order valence-corrected chi connectivity index (χ0v) is 14.6. The van der Waals surface area contributed by atoms with Gasteiger partial charge in [-0.05, 0) is 49.4 Å². The highest BCUT2D eigenvalue weighted by Crippen LogP contribution is 2.18. The molecule has 8 heteroatoms. The van der Waals surface area contributed by atoms with E-state index in [4.69, 9.17) is 4.74 Å². The fourth-order valence-electron chi connectivity index (χ4n) is 2.07. The molecule has 0 saturated carbocycles. The van der Waals surface area contributed by atoms with Crippen molar-refractivity contribution in [2.24, 2.45) is 0 Å². The van der Waals surface area contributed by atoms with E-state index in [1.54, 1.807) is 19.1 Å². The molecule has 1 amide bonds. The second-order valence-corrected chi connectivity index (χ2v) is 6.69. The van der Waals surface area contributed by atoms with Gasteiger partial charge in [0.15, 0.2) is 0 Å². The summed E-state index contributed by atoms with van der Waals surface area (Å²) < 4.78 is 32.1. The van der Waals surface area contributed by atoms with Gasteiger partial charge in [-0.15, -0.1) is 0 Å². The third kappa shape index (κ3) is 4.57. The van der Waals surface area contributed by atoms with E-state index in [-0.39, 0.29) is 28.7 Å². The van der Waals surface area contributed by atoms with Crippen LogP contribution < -0.4 is 10.0 Å². The fourth-order valence-corrected chi connectivity index (χ4v) is 3.12. The highest BCUT2D eigenvalue weighted by Gasteiger charge is 2.16. The molecule has 0 saturated heterocycles. The minimum absolute atomic E-state index is 0.00843. The van der Waals surface area contributed by atoms with Gasteiger partial charge in [-0.2, -0.15) is 0 Å². The number of hydrogen-bond acceptors (Lipinski definition) is 5. The highest BCUT2D eigenvalue weighted by molar-refractivity contribution is 7.92. The predicted molar refractivity (Wildman–Crippen MR) is 93.0 cm³/mol. The van der Waals surface area contributed by atoms with Crippen molar-refractivity contribution in [1.82, 2.24) is 5.32 Å². The van der Waals surface area contributed by atoms with Crippen molar-refractivity contribution >= 4 is 27.6 Å². The average molecular weight is 362 g/mol. The molecule has 0 bridgehead atoms. The second kappa shape index (κ2) is 7.80. The number of anilines is 1. The molecule has 2 aromatic rings. The van der Waals surface area contributed by atoms with Gasteiger partial charge >= 0.3 is 5.97 Å². The van der Waals surface area contributed by atoms with Crippen LogP contribution in [0.3, 0.4) is 0 Å². The normalized spacial score (nSPS) is 10.8. The molecule has 0 spiro atoms. The van der Waals surface area contributed by atoms with Crippen molar-refractivity contribution < 1.29 is 22.7 Å². The number of rotatable bonds is 6. The van der Waals surface area contributed by atoms with Crippen molar-refractivity contribution in [3.8, 4) is 0 Å². The summed E-state index contributed by atoms with van der Waals surface area (Å²) in [5.74, 6) is -0.836. The van der Waals surface area contributed by atoms with Crippen LogP contribution in [-0.4, -0.2) is 33.9 Å². The lowest BCUT2D eigenvalue weighted by Gasteiger charge is -2.10. The summed E-state index contributed by atoms with van der Waals surface area (Å²) in [5.41, 5.74) is 0.860. The molecule has 0 atom stereocenters. The maximum Gasteiger partial charge on any atom is 0.338 e. The van der Waals surface area contributed by atoms with Crippen LogP contribution in [0.2, 0.25) is 0 Å². The number of hydrogen-bond donors (Lipinski definition) is 2. The number of carbonyl (C=O) groups is 2. The topological polar surface area (TPSA) is 102 Å². The summed E-state index contributed by atoms with van der Waals surface area (Å²) in [4.78, 5) is 23.2. The summed E-state index contributed by atoms with van der Waals surface area (Å²) in [6.07, 6.45) is 0. The van der Waals surface area contributed by atoms with Crippen molar-refractivity contribution in [3.63, 3.8) is 0 Å². The SMILES string of the molecule is CCOC(=O)c1ccc(S(=O)(=O)Nc2cccc(C(=O)NC)c2)cc1. The van der Waals surface area contributed by atoms with Gasteiger partial charge in [0, 0.05) is 18.3 Å². The number of sulfonamides is 1. The molecular weight excluding hydrogens is 344 g/mol. The van der Waals surface area contributed by atoms with E-state index >= 15 is 0 Å². The molecule has 25 heavy (non-hydrogen) atoms. The minimum Gasteiger partial charge on any atom is -0.462 e. The Morgan fingerprint density at radius 3 is 2.32 bits per heavy atom. The van der Waals surface area contributed by atoms with Crippen LogP contribution in [0.25, 0.3) is 0 Å². The fraction of sp³-hybridized carbons (Fsp3) is 0.176. The molecule has 0 aliphatic heterocycles. The summed E-state index contributed by atoms with van der Waals surface area (Å²) in [6.45, 7) is 1.93. The molecular formula is C17H18N2O5S. The summed E-state index contributed by atoms with van der Waals surface area (Å²) >= 11 is 0. The number of carbonyl (C=O) groups excluding carboxylic acids is 2. The molecule has 2 N–H and O–H groups in total. The van der Waals surface area contributed by atoms with Gasteiger partial charge in [0.25, 0.3) is 15.9 Å². The summed E-state index contributed by atoms with van der Waals surface area (Å²) in [7, 11) is -2.36. The van der Waals surface area contributed by atoms with Crippen LogP contribution in [0, 0.1) is 0 Å². The lowest BCUT2D eigenvalue weighted by Crippen LogP contribution is -2.18. The molecule has 2 aromatic carbocycles. The molecule has 7 nitrogen and oxygen atoms in total. The van der Waals surface area contributed by atoms with Crippen LogP contribution >= 0.6 is 0 Å². The van der Waals surface area contributed by atoms with Gasteiger partial charge < -0.3 is 10.1 Å². The maximum atomic E-state index is 12.4. The standard InChI is InChI=1S/C17H18N2O5S/c1-3-24-17(21)12-7-9-15(10-8-12)25(22,23)19-14-6-4-5-13(11-14)16(20)18-2/h4-11,19H,3H2,1-2H3,(H,18,20). The van der Waals surface area contributed by atoms with Crippen molar-refractivity contribution in [2.75, 3.05) is 18.4 Å². The summed E-state index contributed by atoms with van der Waals surface area (Å²) in [6, 6.07) is 11.5. The molecule has 0 aromatic heterocycles. The van der Waals surface area contributed by atoms with Crippen molar-refractivity contribution in [3.05, 3.63) is 59.7 Å². The van der Waals surface area contributed by atoms with E-state index < -0.39 is 16.0 Å². The first-order chi connectivity index (χ1) is 11.9. The predicted octanol–water partition coefficient (Wildman–Crippen LogP) is 2.02. The highest BCUT2D eigenvalue weighted by atomic mass is 32.2. The largest absolute Gasteiger partial charge is 0.462 e. The Balaban J connectivity index is 2.22. The molecule has 0 radical (unpaired) electrons. The molecule has 0 fully saturated rings. The van der Waals surface area contributed by atoms with E-state index in [1.807, 2.05) is 0 Å². The van der Waals surface area contributed by atoms with E-state index in [9.17, 15) is 18.0 Å². The molecule has 0 aliphatic rings. The van der Waals surface area contributed by atoms with Gasteiger partial charge in [0.2, 0.25) is 0 Å². The van der Waals surface area contributed by atoms with Gasteiger partial charge in [-0.25, -0.2) is 13.2 Å². The smallest absolute Gasteiger partial charge is 0.338 e. The third-order valence-electron chi connectivity index (χ3n) is 3.28. The average Bonchev–Trinajstić information content (AvgIpc) is 2.61. The van der Waals surface area contributed by atoms with Gasteiger partial charge in [-0.3, -0.25) is 9.52 Å². The Bertz CT molecular complexity index is 876. The zero-order valence-electron chi connectivity index (χ0n) is 13.8. The van der Waals surface area contributed by atoms with Crippen LogP contribution in [0.5, 0.6) is 0 Å². The first-order valence-corrected chi connectivity index (χ1v) is 8.98. The Morgan fingerprint density at radius 1 is 1.04 bits per heavy atom. The Kier molecular flexibility index (Phi) is 5.76. The molecule has 0 unspecified atom stereocenters. The lowest BCUT2D eigenvalue weighted by atomic mass is 10.2. The van der Waals surface area contributed by atoms with Crippen LogP contribution in [-0.2, 0) is 14.8 Å². The maximum absolute atomic E-state index is 12.4. The second-order valence-electron chi connectivity index (χ2n) is 5.01. The van der Waals surface area contributed by atoms with Gasteiger partial charge in [0.1, 0.15) is 0 Å². The Hall–Kier alpha value is -2.87. The first-order valence-electron chi connectivity index (χ1n) is 7.49. The summed E-state index contributed by atoms with van der Waals surface area (Å²) in [5, 5.41) is 2.47. The molecule has 0 heterocycles. The minimum atomic E-state index is -3.85. The number of benzene rings is 2. The van der Waals surface area contributed by atoms with Crippen LogP contribution in [0.1, 0.15) is 27.6 Å². The molecule has 0 aliphatic carbocycles. The lowest BCUT2D eigenvalue weighted by molar-refractivity contribution is 0.0526. The Morgan fingerprint density at radius 2 is 1.72 bits per heavy atom.